The number of carbonyl (C=O) groups excluding carboxylic acids is 1. The Morgan fingerprint density at radius 3 is 2.61 bits per heavy atom. The Morgan fingerprint density at radius 1 is 1.44 bits per heavy atom. The minimum atomic E-state index is -0.150. The van der Waals surface area contributed by atoms with Crippen LogP contribution in [0.1, 0.15) is 29.8 Å². The van der Waals surface area contributed by atoms with Gasteiger partial charge >= 0.3 is 0 Å². The van der Waals surface area contributed by atoms with Gasteiger partial charge in [0.2, 0.25) is 0 Å². The zero-order valence-electron chi connectivity index (χ0n) is 11.5. The molecule has 1 atom stereocenters. The summed E-state index contributed by atoms with van der Waals surface area (Å²) in [6.07, 6.45) is 0. The van der Waals surface area contributed by atoms with E-state index in [0.717, 1.165) is 5.56 Å². The van der Waals surface area contributed by atoms with Crippen molar-refractivity contribution in [2.24, 2.45) is 5.92 Å². The first-order chi connectivity index (χ1) is 8.45. The molecule has 18 heavy (non-hydrogen) atoms. The van der Waals surface area contributed by atoms with Gasteiger partial charge in [-0.2, -0.15) is 0 Å². The van der Waals surface area contributed by atoms with Gasteiger partial charge in [0.1, 0.15) is 0 Å². The summed E-state index contributed by atoms with van der Waals surface area (Å²) in [6.45, 7) is 6.53. The Morgan fingerprint density at radius 2 is 2.11 bits per heavy atom. The zero-order valence-corrected chi connectivity index (χ0v) is 11.5. The van der Waals surface area contributed by atoms with Gasteiger partial charge in [-0.3, -0.25) is 4.79 Å². The minimum absolute atomic E-state index is 0.0109. The summed E-state index contributed by atoms with van der Waals surface area (Å²) in [6, 6.07) is 5.43. The first kappa shape index (κ1) is 14.5. The molecule has 3 N–H and O–H groups in total. The molecule has 100 valence electrons. The normalized spacial score (nSPS) is 12.5. The standard InChI is InChI=1S/C14H22N2O2/c1-9(2)13(8-18-4)16-14(17)11-6-5-10(3)7-12(11)15/h5-7,9,13H,8,15H2,1-4H3,(H,16,17). The van der Waals surface area contributed by atoms with Crippen molar-refractivity contribution in [3.63, 3.8) is 0 Å². The van der Waals surface area contributed by atoms with E-state index in [1.165, 1.54) is 0 Å². The maximum absolute atomic E-state index is 12.1. The Balaban J connectivity index is 2.80. The number of ether oxygens (including phenoxy) is 1. The number of anilines is 1. The van der Waals surface area contributed by atoms with Gasteiger partial charge in [0.25, 0.3) is 5.91 Å². The maximum Gasteiger partial charge on any atom is 0.253 e. The van der Waals surface area contributed by atoms with E-state index in [2.05, 4.69) is 5.32 Å². The number of carbonyl (C=O) groups is 1. The van der Waals surface area contributed by atoms with Gasteiger partial charge in [-0.05, 0) is 30.5 Å². The van der Waals surface area contributed by atoms with Gasteiger partial charge in [-0.15, -0.1) is 0 Å². The summed E-state index contributed by atoms with van der Waals surface area (Å²) in [5.41, 5.74) is 7.92. The van der Waals surface area contributed by atoms with Crippen LogP contribution < -0.4 is 11.1 Å². The number of hydrogen-bond acceptors (Lipinski definition) is 3. The number of nitrogens with two attached hydrogens (primary N) is 1. The molecule has 0 spiro atoms. The molecule has 4 heteroatoms. The smallest absolute Gasteiger partial charge is 0.253 e. The molecule has 1 aromatic rings. The number of methoxy groups -OCH3 is 1. The Kier molecular flexibility index (Phi) is 5.16. The maximum atomic E-state index is 12.1. The average Bonchev–Trinajstić information content (AvgIpc) is 2.27. The number of benzene rings is 1. The molecule has 0 aromatic heterocycles. The van der Waals surface area contributed by atoms with Crippen molar-refractivity contribution >= 4 is 11.6 Å². The fraction of sp³-hybridized carbons (Fsp3) is 0.500. The van der Waals surface area contributed by atoms with Gasteiger partial charge < -0.3 is 15.8 Å². The van der Waals surface area contributed by atoms with E-state index in [4.69, 9.17) is 10.5 Å². The Labute approximate surface area is 109 Å². The second-order valence-electron chi connectivity index (χ2n) is 4.87. The number of nitrogens with one attached hydrogen (secondary N) is 1. The van der Waals surface area contributed by atoms with E-state index in [-0.39, 0.29) is 11.9 Å². The zero-order chi connectivity index (χ0) is 13.7. The van der Waals surface area contributed by atoms with Crippen molar-refractivity contribution in [3.8, 4) is 0 Å². The fourth-order valence-electron chi connectivity index (χ4n) is 1.72. The van der Waals surface area contributed by atoms with E-state index in [1.807, 2.05) is 26.8 Å². The first-order valence-corrected chi connectivity index (χ1v) is 6.11. The third-order valence-electron chi connectivity index (χ3n) is 2.92. The van der Waals surface area contributed by atoms with Gasteiger partial charge in [-0.25, -0.2) is 0 Å². The third-order valence-corrected chi connectivity index (χ3v) is 2.92. The number of hydrogen-bond donors (Lipinski definition) is 2. The van der Waals surface area contributed by atoms with Crippen LogP contribution in [-0.2, 0) is 4.74 Å². The van der Waals surface area contributed by atoms with Crippen LogP contribution in [0.3, 0.4) is 0 Å². The van der Waals surface area contributed by atoms with Crippen LogP contribution in [-0.4, -0.2) is 25.7 Å². The predicted octanol–water partition coefficient (Wildman–Crippen LogP) is 1.98. The molecule has 0 aliphatic heterocycles. The third kappa shape index (κ3) is 3.74. The lowest BCUT2D eigenvalue weighted by molar-refractivity contribution is 0.0867. The van der Waals surface area contributed by atoms with Crippen molar-refractivity contribution in [3.05, 3.63) is 29.3 Å². The molecule has 0 fully saturated rings. The molecule has 4 nitrogen and oxygen atoms in total. The van der Waals surface area contributed by atoms with Crippen LogP contribution in [0.15, 0.2) is 18.2 Å². The number of nitrogen functional groups attached to an aromatic ring is 1. The summed E-state index contributed by atoms with van der Waals surface area (Å²) in [7, 11) is 1.63. The highest BCUT2D eigenvalue weighted by atomic mass is 16.5. The summed E-state index contributed by atoms with van der Waals surface area (Å²) in [5.74, 6) is 0.156. The van der Waals surface area contributed by atoms with Crippen molar-refractivity contribution in [2.75, 3.05) is 19.5 Å². The molecule has 0 aliphatic rings. The molecule has 0 heterocycles. The van der Waals surface area contributed by atoms with Crippen molar-refractivity contribution < 1.29 is 9.53 Å². The van der Waals surface area contributed by atoms with Gasteiger partial charge in [0.05, 0.1) is 18.2 Å². The molecular formula is C14H22N2O2. The molecule has 0 bridgehead atoms. The van der Waals surface area contributed by atoms with E-state index >= 15 is 0 Å². The van der Waals surface area contributed by atoms with E-state index in [0.29, 0.717) is 23.8 Å². The minimum Gasteiger partial charge on any atom is -0.398 e. The number of aryl methyl sites for hydroxylation is 1. The van der Waals surface area contributed by atoms with Gasteiger partial charge in [0, 0.05) is 12.8 Å². The van der Waals surface area contributed by atoms with Crippen molar-refractivity contribution in [2.45, 2.75) is 26.8 Å². The molecular weight excluding hydrogens is 228 g/mol. The second kappa shape index (κ2) is 6.40. The fourth-order valence-corrected chi connectivity index (χ4v) is 1.72. The lowest BCUT2D eigenvalue weighted by Gasteiger charge is -2.22. The lowest BCUT2D eigenvalue weighted by Crippen LogP contribution is -2.41. The van der Waals surface area contributed by atoms with E-state index < -0.39 is 0 Å². The molecule has 1 aromatic carbocycles. The number of amides is 1. The average molecular weight is 250 g/mol. The Hall–Kier alpha value is -1.55. The largest absolute Gasteiger partial charge is 0.398 e. The van der Waals surface area contributed by atoms with Crippen LogP contribution in [0.2, 0.25) is 0 Å². The summed E-state index contributed by atoms with van der Waals surface area (Å²) < 4.78 is 5.11. The van der Waals surface area contributed by atoms with E-state index in [9.17, 15) is 4.79 Å². The lowest BCUT2D eigenvalue weighted by atomic mass is 10.0. The van der Waals surface area contributed by atoms with Crippen molar-refractivity contribution in [1.29, 1.82) is 0 Å². The first-order valence-electron chi connectivity index (χ1n) is 6.11. The molecule has 0 aliphatic carbocycles. The van der Waals surface area contributed by atoms with Gasteiger partial charge in [0.15, 0.2) is 0 Å². The Bertz CT molecular complexity index is 416. The molecule has 1 amide bonds. The molecule has 1 rings (SSSR count). The number of rotatable bonds is 5. The highest BCUT2D eigenvalue weighted by molar-refractivity contribution is 5.99. The van der Waals surface area contributed by atoms with Crippen molar-refractivity contribution in [1.82, 2.24) is 5.32 Å². The molecule has 0 radical (unpaired) electrons. The molecule has 1 unspecified atom stereocenters. The monoisotopic (exact) mass is 250 g/mol. The van der Waals surface area contributed by atoms with Crippen LogP contribution in [0, 0.1) is 12.8 Å². The highest BCUT2D eigenvalue weighted by Gasteiger charge is 2.18. The van der Waals surface area contributed by atoms with Crippen LogP contribution in [0.4, 0.5) is 5.69 Å². The quantitative estimate of drug-likeness (QED) is 0.785. The second-order valence-corrected chi connectivity index (χ2v) is 4.87. The molecule has 0 saturated heterocycles. The predicted molar refractivity (Wildman–Crippen MR) is 73.6 cm³/mol. The highest BCUT2D eigenvalue weighted by Crippen LogP contribution is 2.14. The summed E-state index contributed by atoms with van der Waals surface area (Å²) in [5, 5.41) is 2.95. The molecule has 0 saturated carbocycles. The summed E-state index contributed by atoms with van der Waals surface area (Å²) in [4.78, 5) is 12.1. The van der Waals surface area contributed by atoms with Gasteiger partial charge in [-0.1, -0.05) is 19.9 Å². The van der Waals surface area contributed by atoms with Crippen LogP contribution in [0.5, 0.6) is 0 Å². The van der Waals surface area contributed by atoms with Crippen LogP contribution in [0.25, 0.3) is 0 Å². The van der Waals surface area contributed by atoms with E-state index in [1.54, 1.807) is 19.2 Å². The summed E-state index contributed by atoms with van der Waals surface area (Å²) >= 11 is 0. The van der Waals surface area contributed by atoms with Crippen LogP contribution >= 0.6 is 0 Å². The SMILES string of the molecule is COCC(NC(=O)c1ccc(C)cc1N)C(C)C. The topological polar surface area (TPSA) is 64.3 Å².